The molecular weight excluding hydrogens is 256 g/mol. The van der Waals surface area contributed by atoms with Gasteiger partial charge in [0.2, 0.25) is 0 Å². The first kappa shape index (κ1) is 12.0. The van der Waals surface area contributed by atoms with Crippen LogP contribution in [-0.2, 0) is 6.42 Å². The van der Waals surface area contributed by atoms with Gasteiger partial charge in [0.1, 0.15) is 0 Å². The molecule has 0 fully saturated rings. The molecule has 2 aromatic carbocycles. The Morgan fingerprint density at radius 3 is 1.57 bits per heavy atom. The van der Waals surface area contributed by atoms with Crippen LogP contribution < -0.4 is 0 Å². The predicted molar refractivity (Wildman–Crippen MR) is 86.3 cm³/mol. The van der Waals surface area contributed by atoms with Gasteiger partial charge in [-0.2, -0.15) is 0 Å². The first-order valence-electron chi connectivity index (χ1n) is 7.07. The maximum Gasteiger partial charge on any atom is 0.0737 e. The Balaban J connectivity index is 1.87. The first-order valence-corrected chi connectivity index (χ1v) is 7.07. The lowest BCUT2D eigenvalue weighted by Gasteiger charge is -2.08. The zero-order chi connectivity index (χ0) is 14.1. The minimum absolute atomic E-state index is 0.850. The molecule has 0 bridgehead atoms. The van der Waals surface area contributed by atoms with E-state index >= 15 is 0 Å². The maximum atomic E-state index is 4.54. The summed E-state index contributed by atoms with van der Waals surface area (Å²) in [5.74, 6) is 0. The van der Waals surface area contributed by atoms with Crippen LogP contribution in [0.2, 0.25) is 0 Å². The Bertz CT molecular complexity index is 841. The van der Waals surface area contributed by atoms with Crippen molar-refractivity contribution in [2.24, 2.45) is 0 Å². The van der Waals surface area contributed by atoms with E-state index in [1.165, 1.54) is 21.9 Å². The van der Waals surface area contributed by atoms with Crippen molar-refractivity contribution in [1.29, 1.82) is 0 Å². The smallest absolute Gasteiger partial charge is 0.0737 e. The third-order valence-electron chi connectivity index (χ3n) is 3.81. The second-order valence-corrected chi connectivity index (χ2v) is 5.16. The fourth-order valence-electron chi connectivity index (χ4n) is 2.83. The molecule has 0 amide bonds. The first-order chi connectivity index (χ1) is 10.4. The Morgan fingerprint density at radius 2 is 1.05 bits per heavy atom. The van der Waals surface area contributed by atoms with Crippen LogP contribution in [0.25, 0.3) is 21.8 Å². The molecule has 2 nitrogen and oxygen atoms in total. The van der Waals surface area contributed by atoms with Gasteiger partial charge in [-0.3, -0.25) is 9.97 Å². The molecule has 0 radical (unpaired) electrons. The van der Waals surface area contributed by atoms with Gasteiger partial charge < -0.3 is 0 Å². The van der Waals surface area contributed by atoms with E-state index in [0.29, 0.717) is 0 Å². The van der Waals surface area contributed by atoms with Gasteiger partial charge in [0, 0.05) is 29.6 Å². The Hall–Kier alpha value is -2.74. The van der Waals surface area contributed by atoms with E-state index in [1.807, 2.05) is 24.5 Å². The second-order valence-electron chi connectivity index (χ2n) is 5.16. The zero-order valence-corrected chi connectivity index (χ0v) is 11.5. The number of pyridine rings is 2. The Morgan fingerprint density at radius 1 is 0.571 bits per heavy atom. The average molecular weight is 270 g/mol. The summed E-state index contributed by atoms with van der Waals surface area (Å²) < 4.78 is 0. The number of para-hydroxylation sites is 2. The maximum absolute atomic E-state index is 4.54. The number of hydrogen-bond acceptors (Lipinski definition) is 2. The molecule has 0 saturated carbocycles. The highest BCUT2D eigenvalue weighted by atomic mass is 14.7. The summed E-state index contributed by atoms with van der Waals surface area (Å²) in [6.45, 7) is 0. The van der Waals surface area contributed by atoms with Crippen molar-refractivity contribution in [2.75, 3.05) is 0 Å². The summed E-state index contributed by atoms with van der Waals surface area (Å²) in [6.07, 6.45) is 4.56. The van der Waals surface area contributed by atoms with Crippen LogP contribution in [0.1, 0.15) is 11.1 Å². The third kappa shape index (κ3) is 2.15. The van der Waals surface area contributed by atoms with Gasteiger partial charge >= 0.3 is 0 Å². The van der Waals surface area contributed by atoms with Crippen LogP contribution in [0.5, 0.6) is 0 Å². The molecule has 0 aliphatic heterocycles. The van der Waals surface area contributed by atoms with Crippen molar-refractivity contribution >= 4 is 21.8 Å². The Kier molecular flexibility index (Phi) is 2.86. The van der Waals surface area contributed by atoms with Gasteiger partial charge in [-0.25, -0.2) is 0 Å². The van der Waals surface area contributed by atoms with Gasteiger partial charge in [0.15, 0.2) is 0 Å². The van der Waals surface area contributed by atoms with Gasteiger partial charge in [0.05, 0.1) is 11.0 Å². The largest absolute Gasteiger partial charge is 0.256 e. The standard InChI is InChI=1S/C19H14N2/c1-5-14-9-3-11-20-18(14)16(7-1)13-17-8-2-6-15-10-4-12-21-19(15)17/h1-12H,13H2. The van der Waals surface area contributed by atoms with Crippen molar-refractivity contribution in [3.8, 4) is 0 Å². The molecule has 4 rings (SSSR count). The van der Waals surface area contributed by atoms with E-state index < -0.39 is 0 Å². The number of hydrogen-bond donors (Lipinski definition) is 0. The lowest BCUT2D eigenvalue weighted by Crippen LogP contribution is -1.94. The summed E-state index contributed by atoms with van der Waals surface area (Å²) >= 11 is 0. The number of rotatable bonds is 2. The van der Waals surface area contributed by atoms with E-state index in [4.69, 9.17) is 0 Å². The van der Waals surface area contributed by atoms with Crippen molar-refractivity contribution in [2.45, 2.75) is 6.42 Å². The quantitative estimate of drug-likeness (QED) is 0.540. The fourth-order valence-corrected chi connectivity index (χ4v) is 2.83. The van der Waals surface area contributed by atoms with Crippen LogP contribution in [0.4, 0.5) is 0 Å². The lowest BCUT2D eigenvalue weighted by molar-refractivity contribution is 1.19. The second kappa shape index (κ2) is 4.98. The molecule has 21 heavy (non-hydrogen) atoms. The van der Waals surface area contributed by atoms with Crippen LogP contribution >= 0.6 is 0 Å². The average Bonchev–Trinajstić information content (AvgIpc) is 2.56. The van der Waals surface area contributed by atoms with Crippen molar-refractivity contribution in [3.63, 3.8) is 0 Å². The molecule has 0 aliphatic rings. The minimum atomic E-state index is 0.850. The minimum Gasteiger partial charge on any atom is -0.256 e. The number of benzene rings is 2. The number of nitrogens with zero attached hydrogens (tertiary/aromatic N) is 2. The van der Waals surface area contributed by atoms with E-state index in [2.05, 4.69) is 58.5 Å². The lowest BCUT2D eigenvalue weighted by atomic mass is 9.99. The highest BCUT2D eigenvalue weighted by Gasteiger charge is 2.06. The molecule has 2 heteroatoms. The summed E-state index contributed by atoms with van der Waals surface area (Å²) in [6, 6.07) is 20.9. The van der Waals surface area contributed by atoms with Gasteiger partial charge in [-0.1, -0.05) is 48.5 Å². The van der Waals surface area contributed by atoms with Crippen LogP contribution in [-0.4, -0.2) is 9.97 Å². The normalized spacial score (nSPS) is 11.0. The molecule has 100 valence electrons. The van der Waals surface area contributed by atoms with E-state index in [-0.39, 0.29) is 0 Å². The molecule has 2 aromatic heterocycles. The highest BCUT2D eigenvalue weighted by Crippen LogP contribution is 2.23. The van der Waals surface area contributed by atoms with Crippen molar-refractivity contribution < 1.29 is 0 Å². The summed E-state index contributed by atoms with van der Waals surface area (Å²) in [5.41, 5.74) is 4.64. The third-order valence-corrected chi connectivity index (χ3v) is 3.81. The molecule has 0 atom stereocenters. The molecule has 0 N–H and O–H groups in total. The monoisotopic (exact) mass is 270 g/mol. The molecule has 0 saturated heterocycles. The van der Waals surface area contributed by atoms with Gasteiger partial charge in [-0.05, 0) is 23.3 Å². The summed E-state index contributed by atoms with van der Waals surface area (Å²) in [7, 11) is 0. The molecule has 4 aromatic rings. The predicted octanol–water partition coefficient (Wildman–Crippen LogP) is 4.37. The molecule has 2 heterocycles. The topological polar surface area (TPSA) is 25.8 Å². The van der Waals surface area contributed by atoms with Crippen molar-refractivity contribution in [1.82, 2.24) is 9.97 Å². The number of aromatic nitrogens is 2. The van der Waals surface area contributed by atoms with Crippen molar-refractivity contribution in [3.05, 3.63) is 84.2 Å². The molecule has 0 aliphatic carbocycles. The van der Waals surface area contributed by atoms with Gasteiger partial charge in [0.25, 0.3) is 0 Å². The van der Waals surface area contributed by atoms with E-state index in [0.717, 1.165) is 17.5 Å². The summed E-state index contributed by atoms with van der Waals surface area (Å²) in [4.78, 5) is 9.07. The highest BCUT2D eigenvalue weighted by molar-refractivity contribution is 5.85. The van der Waals surface area contributed by atoms with Gasteiger partial charge in [-0.15, -0.1) is 0 Å². The SMILES string of the molecule is c1cnc2c(Cc3cccc4cccnc34)cccc2c1. The van der Waals surface area contributed by atoms with Crippen LogP contribution in [0.3, 0.4) is 0 Å². The fraction of sp³-hybridized carbons (Fsp3) is 0.0526. The molecular formula is C19H14N2. The van der Waals surface area contributed by atoms with Crippen LogP contribution in [0.15, 0.2) is 73.1 Å². The van der Waals surface area contributed by atoms with E-state index in [1.54, 1.807) is 0 Å². The molecule has 0 unspecified atom stereocenters. The Labute approximate surface area is 123 Å². The van der Waals surface area contributed by atoms with Crippen LogP contribution in [0, 0.1) is 0 Å². The summed E-state index contributed by atoms with van der Waals surface area (Å²) in [5, 5.41) is 2.37. The van der Waals surface area contributed by atoms with E-state index in [9.17, 15) is 0 Å². The molecule has 0 spiro atoms. The number of fused-ring (bicyclic) bond motifs is 2. The zero-order valence-electron chi connectivity index (χ0n) is 11.5.